The third kappa shape index (κ3) is 6.03. The lowest BCUT2D eigenvalue weighted by molar-refractivity contribution is -0.138. The van der Waals surface area contributed by atoms with Gasteiger partial charge in [-0.25, -0.2) is 9.37 Å². The molecule has 0 aliphatic carbocycles. The van der Waals surface area contributed by atoms with E-state index in [1.807, 2.05) is 50.1 Å². The highest BCUT2D eigenvalue weighted by atomic mass is 19.4. The Kier molecular flexibility index (Phi) is 8.09. The highest BCUT2D eigenvalue weighted by Crippen LogP contribution is 2.37. The molecule has 2 aliphatic rings. The van der Waals surface area contributed by atoms with E-state index in [0.29, 0.717) is 44.4 Å². The standard InChI is InChI=1S/C30H32F4N6O2/c1-18-16-40(17-19(2)38(18)3)26-14-24(31)21(20-7-10-39(11-8-20)27-6-4-5-9-35-27)12-25(26)37-29(42)22-15-36-28(41)13-23(22)30(32,33)34/h4-7,9,12-15,18-19H,8,10-11,16-17H2,1-3H3,(H,36,41)(H,37,42). The number of benzene rings is 1. The third-order valence-electron chi connectivity index (χ3n) is 8.04. The number of nitrogens with zero attached hydrogens (tertiary/aromatic N) is 4. The number of halogens is 4. The van der Waals surface area contributed by atoms with Crippen LogP contribution in [0.2, 0.25) is 0 Å². The summed E-state index contributed by atoms with van der Waals surface area (Å²) < 4.78 is 57.0. The van der Waals surface area contributed by atoms with Crippen LogP contribution in [0.15, 0.2) is 59.7 Å². The van der Waals surface area contributed by atoms with E-state index in [4.69, 9.17) is 0 Å². The maximum Gasteiger partial charge on any atom is 0.417 e. The zero-order valence-corrected chi connectivity index (χ0v) is 23.5. The number of carbonyl (C=O) groups excluding carboxylic acids is 1. The number of nitrogens with one attached hydrogen (secondary N) is 2. The van der Waals surface area contributed by atoms with E-state index in [1.165, 1.54) is 12.1 Å². The number of H-pyrrole nitrogens is 1. The number of aromatic amines is 1. The van der Waals surface area contributed by atoms with Crippen molar-refractivity contribution in [2.75, 3.05) is 48.3 Å². The Balaban J connectivity index is 1.53. The summed E-state index contributed by atoms with van der Waals surface area (Å²) in [7, 11) is 2.00. The largest absolute Gasteiger partial charge is 0.417 e. The van der Waals surface area contributed by atoms with Crippen LogP contribution in [0.4, 0.5) is 34.8 Å². The molecule has 42 heavy (non-hydrogen) atoms. The highest BCUT2D eigenvalue weighted by Gasteiger charge is 2.36. The van der Waals surface area contributed by atoms with E-state index in [1.54, 1.807) is 6.20 Å². The zero-order chi connectivity index (χ0) is 30.2. The van der Waals surface area contributed by atoms with Gasteiger partial charge in [0, 0.05) is 62.3 Å². The van der Waals surface area contributed by atoms with Crippen LogP contribution in [0.3, 0.4) is 0 Å². The second-order valence-corrected chi connectivity index (χ2v) is 10.8. The van der Waals surface area contributed by atoms with Crippen LogP contribution < -0.4 is 20.7 Å². The second-order valence-electron chi connectivity index (χ2n) is 10.8. The van der Waals surface area contributed by atoms with Gasteiger partial charge in [-0.15, -0.1) is 0 Å². The molecule has 1 aromatic carbocycles. The molecule has 8 nitrogen and oxygen atoms in total. The first-order valence-electron chi connectivity index (χ1n) is 13.7. The first-order chi connectivity index (χ1) is 19.9. The van der Waals surface area contributed by atoms with Gasteiger partial charge in [-0.1, -0.05) is 12.1 Å². The number of likely N-dealkylation sites (N-methyl/N-ethyl adjacent to an activating group) is 1. The molecule has 1 amide bonds. The number of amides is 1. The van der Waals surface area contributed by atoms with Gasteiger partial charge in [-0.05, 0) is 57.2 Å². The summed E-state index contributed by atoms with van der Waals surface area (Å²) in [6, 6.07) is 9.03. The highest BCUT2D eigenvalue weighted by molar-refractivity contribution is 6.07. The summed E-state index contributed by atoms with van der Waals surface area (Å²) >= 11 is 0. The van der Waals surface area contributed by atoms with Crippen LogP contribution in [0.1, 0.15) is 41.8 Å². The van der Waals surface area contributed by atoms with E-state index >= 15 is 4.39 Å². The number of anilines is 3. The van der Waals surface area contributed by atoms with Gasteiger partial charge in [0.1, 0.15) is 11.6 Å². The topological polar surface area (TPSA) is 84.6 Å². The van der Waals surface area contributed by atoms with Crippen LogP contribution in [-0.4, -0.2) is 66.1 Å². The van der Waals surface area contributed by atoms with Gasteiger partial charge in [-0.2, -0.15) is 13.2 Å². The van der Waals surface area contributed by atoms with Crippen molar-refractivity contribution < 1.29 is 22.4 Å². The minimum atomic E-state index is -4.92. The molecule has 0 spiro atoms. The van der Waals surface area contributed by atoms with Crippen molar-refractivity contribution in [3.8, 4) is 0 Å². The second kappa shape index (κ2) is 11.6. The van der Waals surface area contributed by atoms with E-state index in [-0.39, 0.29) is 23.3 Å². The number of carbonyl (C=O) groups is 1. The molecule has 2 N–H and O–H groups in total. The minimum absolute atomic E-state index is 0.106. The molecular weight excluding hydrogens is 552 g/mol. The number of hydrogen-bond acceptors (Lipinski definition) is 6. The van der Waals surface area contributed by atoms with Crippen molar-refractivity contribution in [3.63, 3.8) is 0 Å². The van der Waals surface area contributed by atoms with Crippen molar-refractivity contribution in [2.45, 2.75) is 38.5 Å². The summed E-state index contributed by atoms with van der Waals surface area (Å²) in [5.74, 6) is -0.748. The summed E-state index contributed by atoms with van der Waals surface area (Å²) in [4.78, 5) is 37.6. The summed E-state index contributed by atoms with van der Waals surface area (Å²) in [5, 5.41) is 2.61. The maximum absolute atomic E-state index is 15.8. The van der Waals surface area contributed by atoms with Crippen LogP contribution >= 0.6 is 0 Å². The third-order valence-corrected chi connectivity index (χ3v) is 8.04. The molecule has 1 saturated heterocycles. The van der Waals surface area contributed by atoms with Crippen molar-refractivity contribution in [1.82, 2.24) is 14.9 Å². The van der Waals surface area contributed by atoms with Crippen LogP contribution in [0.25, 0.3) is 5.57 Å². The molecular formula is C30H32F4N6O2. The molecule has 222 valence electrons. The van der Waals surface area contributed by atoms with Gasteiger partial charge in [0.05, 0.1) is 22.5 Å². The average molecular weight is 585 g/mol. The minimum Gasteiger partial charge on any atom is -0.367 e. The molecule has 0 radical (unpaired) electrons. The monoisotopic (exact) mass is 584 g/mol. The van der Waals surface area contributed by atoms with Crippen molar-refractivity contribution in [1.29, 1.82) is 0 Å². The quantitative estimate of drug-likeness (QED) is 0.411. The van der Waals surface area contributed by atoms with Crippen molar-refractivity contribution in [3.05, 3.63) is 87.7 Å². The van der Waals surface area contributed by atoms with Crippen LogP contribution in [-0.2, 0) is 6.18 Å². The van der Waals surface area contributed by atoms with Crippen molar-refractivity contribution in [2.24, 2.45) is 0 Å². The predicted octanol–water partition coefficient (Wildman–Crippen LogP) is 5.00. The average Bonchev–Trinajstić information content (AvgIpc) is 2.96. The van der Waals surface area contributed by atoms with Crippen LogP contribution in [0.5, 0.6) is 0 Å². The van der Waals surface area contributed by atoms with E-state index in [2.05, 4.69) is 25.1 Å². The number of pyridine rings is 2. The maximum atomic E-state index is 15.8. The van der Waals surface area contributed by atoms with Gasteiger partial charge in [-0.3, -0.25) is 14.5 Å². The first-order valence-corrected chi connectivity index (χ1v) is 13.7. The molecule has 2 aromatic heterocycles. The molecule has 2 atom stereocenters. The lowest BCUT2D eigenvalue weighted by Gasteiger charge is -2.44. The molecule has 4 heterocycles. The Morgan fingerprint density at radius 3 is 2.45 bits per heavy atom. The smallest absolute Gasteiger partial charge is 0.367 e. The number of hydrogen-bond donors (Lipinski definition) is 2. The summed E-state index contributed by atoms with van der Waals surface area (Å²) in [6.45, 7) is 6.19. The molecule has 0 saturated carbocycles. The van der Waals surface area contributed by atoms with Gasteiger partial charge in [0.25, 0.3) is 5.91 Å². The zero-order valence-electron chi connectivity index (χ0n) is 23.5. The fourth-order valence-corrected chi connectivity index (χ4v) is 5.52. The number of aromatic nitrogens is 2. The Morgan fingerprint density at radius 1 is 1.10 bits per heavy atom. The summed E-state index contributed by atoms with van der Waals surface area (Å²) in [5.41, 5.74) is -1.51. The van der Waals surface area contributed by atoms with Gasteiger partial charge < -0.3 is 20.1 Å². The Morgan fingerprint density at radius 2 is 1.83 bits per heavy atom. The van der Waals surface area contributed by atoms with E-state index in [0.717, 1.165) is 17.6 Å². The molecule has 0 bridgehead atoms. The lowest BCUT2D eigenvalue weighted by Crippen LogP contribution is -2.55. The van der Waals surface area contributed by atoms with Gasteiger partial charge >= 0.3 is 6.18 Å². The Labute approximate surface area is 240 Å². The molecule has 1 fully saturated rings. The van der Waals surface area contributed by atoms with E-state index in [9.17, 15) is 22.8 Å². The van der Waals surface area contributed by atoms with Gasteiger partial charge in [0.2, 0.25) is 5.56 Å². The molecule has 2 unspecified atom stereocenters. The SMILES string of the molecule is CC1CN(c2cc(F)c(C3=CCN(c4ccccn4)CC3)cc2NC(=O)c2c[nH]c(=O)cc2C(F)(F)F)CC(C)N1C. The summed E-state index contributed by atoms with van der Waals surface area (Å²) in [6.07, 6.45) is -0.0754. The molecule has 12 heteroatoms. The fourth-order valence-electron chi connectivity index (χ4n) is 5.52. The predicted molar refractivity (Wildman–Crippen MR) is 154 cm³/mol. The number of rotatable bonds is 5. The molecule has 3 aromatic rings. The Hall–Kier alpha value is -4.19. The first kappa shape index (κ1) is 29.3. The normalized spacial score (nSPS) is 19.9. The lowest BCUT2D eigenvalue weighted by atomic mass is 9.96. The molecule has 2 aliphatic heterocycles. The number of piperazine rings is 1. The van der Waals surface area contributed by atoms with E-state index < -0.39 is 34.6 Å². The molecule has 5 rings (SSSR count). The van der Waals surface area contributed by atoms with Crippen LogP contribution in [0, 0.1) is 5.82 Å². The number of alkyl halides is 3. The van der Waals surface area contributed by atoms with Gasteiger partial charge in [0.15, 0.2) is 0 Å². The fraction of sp³-hybridized carbons (Fsp3) is 0.367. The Bertz CT molecular complexity index is 1540. The van der Waals surface area contributed by atoms with Crippen molar-refractivity contribution >= 4 is 28.7 Å².